The van der Waals surface area contributed by atoms with E-state index in [0.717, 1.165) is 31.0 Å². The minimum Gasteiger partial charge on any atom is -0.491 e. The van der Waals surface area contributed by atoms with E-state index in [1.165, 1.54) is 0 Å². The van der Waals surface area contributed by atoms with Gasteiger partial charge in [0.2, 0.25) is 5.91 Å². The van der Waals surface area contributed by atoms with Gasteiger partial charge in [-0.05, 0) is 25.5 Å². The van der Waals surface area contributed by atoms with Gasteiger partial charge in [-0.25, -0.2) is 0 Å². The van der Waals surface area contributed by atoms with Crippen LogP contribution in [0.1, 0.15) is 37.5 Å². The molecular weight excluding hydrogens is 316 g/mol. The van der Waals surface area contributed by atoms with E-state index in [9.17, 15) is 4.79 Å². The van der Waals surface area contributed by atoms with E-state index in [1.54, 1.807) is 12.1 Å². The molecule has 0 bridgehead atoms. The second-order valence-electron chi connectivity index (χ2n) is 5.55. The second kappa shape index (κ2) is 7.00. The van der Waals surface area contributed by atoms with Crippen molar-refractivity contribution in [2.24, 2.45) is 0 Å². The summed E-state index contributed by atoms with van der Waals surface area (Å²) in [6.45, 7) is 3.12. The first-order valence-corrected chi connectivity index (χ1v) is 8.11. The molecule has 1 aliphatic heterocycles. The SMILES string of the molecule is CC(NC(=O)CCOc1ccccc1Cl)c1nnc2n1CCC2. The van der Waals surface area contributed by atoms with Crippen molar-refractivity contribution in [3.63, 3.8) is 0 Å². The first kappa shape index (κ1) is 15.8. The smallest absolute Gasteiger partial charge is 0.224 e. The van der Waals surface area contributed by atoms with Gasteiger partial charge < -0.3 is 14.6 Å². The Kier molecular flexibility index (Phi) is 4.81. The number of nitrogens with zero attached hydrogens (tertiary/aromatic N) is 3. The zero-order valence-electron chi connectivity index (χ0n) is 13.0. The van der Waals surface area contributed by atoms with Crippen molar-refractivity contribution in [3.05, 3.63) is 40.9 Å². The zero-order valence-corrected chi connectivity index (χ0v) is 13.7. The molecule has 1 unspecified atom stereocenters. The lowest BCUT2D eigenvalue weighted by Crippen LogP contribution is -2.29. The quantitative estimate of drug-likeness (QED) is 0.881. The van der Waals surface area contributed by atoms with Crippen molar-refractivity contribution in [1.29, 1.82) is 0 Å². The number of nitrogens with one attached hydrogen (secondary N) is 1. The summed E-state index contributed by atoms with van der Waals surface area (Å²) < 4.78 is 7.62. The van der Waals surface area contributed by atoms with Gasteiger partial charge in [0.25, 0.3) is 0 Å². The Morgan fingerprint density at radius 1 is 1.43 bits per heavy atom. The lowest BCUT2D eigenvalue weighted by Gasteiger charge is -2.14. The van der Waals surface area contributed by atoms with Gasteiger partial charge in [0, 0.05) is 13.0 Å². The largest absolute Gasteiger partial charge is 0.491 e. The van der Waals surface area contributed by atoms with E-state index < -0.39 is 0 Å². The second-order valence-corrected chi connectivity index (χ2v) is 5.95. The van der Waals surface area contributed by atoms with Gasteiger partial charge >= 0.3 is 0 Å². The average molecular weight is 335 g/mol. The standard InChI is InChI=1S/C16H19ClN4O2/c1-11(16-20-19-14-7-4-9-21(14)16)18-15(22)8-10-23-13-6-3-2-5-12(13)17/h2-3,5-6,11H,4,7-10H2,1H3,(H,18,22). The monoisotopic (exact) mass is 334 g/mol. The van der Waals surface area contributed by atoms with Crippen LogP contribution in [0.25, 0.3) is 0 Å². The van der Waals surface area contributed by atoms with E-state index in [0.29, 0.717) is 10.8 Å². The highest BCUT2D eigenvalue weighted by molar-refractivity contribution is 6.32. The van der Waals surface area contributed by atoms with Crippen molar-refractivity contribution >= 4 is 17.5 Å². The number of para-hydroxylation sites is 1. The molecule has 3 rings (SSSR count). The summed E-state index contributed by atoms with van der Waals surface area (Å²) in [5, 5.41) is 11.8. The van der Waals surface area contributed by atoms with Crippen LogP contribution in [0.15, 0.2) is 24.3 Å². The van der Waals surface area contributed by atoms with E-state index in [1.807, 2.05) is 19.1 Å². The Bertz CT molecular complexity index is 701. The number of rotatable bonds is 6. The molecular formula is C16H19ClN4O2. The molecule has 2 heterocycles. The van der Waals surface area contributed by atoms with E-state index in [2.05, 4.69) is 20.1 Å². The Labute approximate surface area is 139 Å². The van der Waals surface area contributed by atoms with E-state index >= 15 is 0 Å². The normalized spacial score (nSPS) is 14.3. The third-order valence-electron chi connectivity index (χ3n) is 3.83. The Morgan fingerprint density at radius 3 is 3.09 bits per heavy atom. The number of halogens is 1. The molecule has 0 fully saturated rings. The van der Waals surface area contributed by atoms with Gasteiger partial charge in [0.05, 0.1) is 24.1 Å². The van der Waals surface area contributed by atoms with Crippen LogP contribution in [0.2, 0.25) is 5.02 Å². The molecule has 1 aromatic heterocycles. The summed E-state index contributed by atoms with van der Waals surface area (Å²) in [7, 11) is 0. The number of aryl methyl sites for hydroxylation is 1. The molecule has 23 heavy (non-hydrogen) atoms. The van der Waals surface area contributed by atoms with Gasteiger partial charge in [0.1, 0.15) is 11.6 Å². The summed E-state index contributed by atoms with van der Waals surface area (Å²) in [4.78, 5) is 12.0. The van der Waals surface area contributed by atoms with Crippen LogP contribution in [-0.4, -0.2) is 27.3 Å². The van der Waals surface area contributed by atoms with E-state index in [4.69, 9.17) is 16.3 Å². The Hall–Kier alpha value is -2.08. The predicted molar refractivity (Wildman–Crippen MR) is 86.5 cm³/mol. The van der Waals surface area contributed by atoms with Crippen LogP contribution in [0, 0.1) is 0 Å². The molecule has 1 aromatic carbocycles. The molecule has 2 aromatic rings. The van der Waals surface area contributed by atoms with Gasteiger partial charge in [-0.2, -0.15) is 0 Å². The molecule has 0 saturated carbocycles. The van der Waals surface area contributed by atoms with Crippen LogP contribution in [0.5, 0.6) is 5.75 Å². The molecule has 7 heteroatoms. The minimum atomic E-state index is -0.165. The van der Waals surface area contributed by atoms with Crippen LogP contribution >= 0.6 is 11.6 Å². The topological polar surface area (TPSA) is 69.0 Å². The molecule has 122 valence electrons. The number of fused-ring (bicyclic) bond motifs is 1. The van der Waals surface area contributed by atoms with E-state index in [-0.39, 0.29) is 25.0 Å². The summed E-state index contributed by atoms with van der Waals surface area (Å²) in [5.74, 6) is 2.33. The average Bonchev–Trinajstić information content (AvgIpc) is 3.12. The minimum absolute atomic E-state index is 0.0834. The number of aromatic nitrogens is 3. The number of benzene rings is 1. The molecule has 1 atom stereocenters. The van der Waals surface area contributed by atoms with Crippen molar-refractivity contribution in [2.45, 2.75) is 38.8 Å². The fraction of sp³-hybridized carbons (Fsp3) is 0.438. The molecule has 0 aliphatic carbocycles. The highest BCUT2D eigenvalue weighted by Gasteiger charge is 2.22. The molecule has 0 saturated heterocycles. The predicted octanol–water partition coefficient (Wildman–Crippen LogP) is 2.52. The van der Waals surface area contributed by atoms with Crippen molar-refractivity contribution < 1.29 is 9.53 Å². The fourth-order valence-electron chi connectivity index (χ4n) is 2.69. The maximum atomic E-state index is 12.0. The van der Waals surface area contributed by atoms with Crippen LogP contribution in [0.4, 0.5) is 0 Å². The third-order valence-corrected chi connectivity index (χ3v) is 4.14. The number of hydrogen-bond acceptors (Lipinski definition) is 4. The van der Waals surface area contributed by atoms with Crippen molar-refractivity contribution in [2.75, 3.05) is 6.61 Å². The number of ether oxygens (including phenoxy) is 1. The van der Waals surface area contributed by atoms with Crippen molar-refractivity contribution in [3.8, 4) is 5.75 Å². The third kappa shape index (κ3) is 3.64. The Morgan fingerprint density at radius 2 is 2.26 bits per heavy atom. The molecule has 1 N–H and O–H groups in total. The van der Waals surface area contributed by atoms with Crippen molar-refractivity contribution in [1.82, 2.24) is 20.1 Å². The first-order valence-electron chi connectivity index (χ1n) is 7.74. The van der Waals surface area contributed by atoms with Gasteiger partial charge in [0.15, 0.2) is 5.82 Å². The summed E-state index contributed by atoms with van der Waals surface area (Å²) in [6.07, 6.45) is 2.31. The lowest BCUT2D eigenvalue weighted by atomic mass is 10.3. The molecule has 0 spiro atoms. The molecule has 1 amide bonds. The highest BCUT2D eigenvalue weighted by atomic mass is 35.5. The Balaban J connectivity index is 1.48. The number of carbonyl (C=O) groups is 1. The summed E-state index contributed by atoms with van der Waals surface area (Å²) >= 11 is 6.00. The van der Waals surface area contributed by atoms with Gasteiger partial charge in [-0.3, -0.25) is 4.79 Å². The maximum absolute atomic E-state index is 12.0. The fourth-order valence-corrected chi connectivity index (χ4v) is 2.88. The number of amides is 1. The van der Waals surface area contributed by atoms with Crippen LogP contribution in [-0.2, 0) is 17.8 Å². The van der Waals surface area contributed by atoms with Crippen LogP contribution < -0.4 is 10.1 Å². The van der Waals surface area contributed by atoms with Crippen LogP contribution in [0.3, 0.4) is 0 Å². The molecule has 6 nitrogen and oxygen atoms in total. The summed E-state index contributed by atoms with van der Waals surface area (Å²) in [5.41, 5.74) is 0. The highest BCUT2D eigenvalue weighted by Crippen LogP contribution is 2.23. The van der Waals surface area contributed by atoms with Gasteiger partial charge in [-0.1, -0.05) is 23.7 Å². The first-order chi connectivity index (χ1) is 11.1. The zero-order chi connectivity index (χ0) is 16.2. The number of hydrogen-bond donors (Lipinski definition) is 1. The number of carbonyl (C=O) groups excluding carboxylic acids is 1. The van der Waals surface area contributed by atoms with Gasteiger partial charge in [-0.15, -0.1) is 10.2 Å². The molecule has 1 aliphatic rings. The maximum Gasteiger partial charge on any atom is 0.224 e. The molecule has 0 radical (unpaired) electrons. The summed E-state index contributed by atoms with van der Waals surface area (Å²) in [6, 6.07) is 7.05. The lowest BCUT2D eigenvalue weighted by molar-refractivity contribution is -0.122.